The molecule has 1 N–H and O–H groups in total. The van der Waals surface area contributed by atoms with Gasteiger partial charge in [-0.3, -0.25) is 4.79 Å². The van der Waals surface area contributed by atoms with E-state index in [-0.39, 0.29) is 17.9 Å². The number of carbonyl (C=O) groups is 1. The Morgan fingerprint density at radius 1 is 1.06 bits per heavy atom. The van der Waals surface area contributed by atoms with E-state index in [1.807, 2.05) is 0 Å². The average molecular weight is 429 g/mol. The van der Waals surface area contributed by atoms with Gasteiger partial charge in [-0.15, -0.1) is 10.2 Å². The van der Waals surface area contributed by atoms with E-state index < -0.39 is 5.60 Å². The van der Waals surface area contributed by atoms with Crippen molar-refractivity contribution < 1.29 is 9.90 Å². The first kappa shape index (κ1) is 21.5. The van der Waals surface area contributed by atoms with E-state index in [1.165, 1.54) is 56.1 Å². The van der Waals surface area contributed by atoms with Crippen molar-refractivity contribution in [2.75, 3.05) is 0 Å². The molecule has 31 heavy (non-hydrogen) atoms. The quantitative estimate of drug-likeness (QED) is 0.767. The van der Waals surface area contributed by atoms with Crippen LogP contribution in [0.2, 0.25) is 0 Å². The van der Waals surface area contributed by atoms with Crippen molar-refractivity contribution in [3.8, 4) is 0 Å². The molecule has 6 heteroatoms. The molecule has 2 bridgehead atoms. The molecule has 0 amide bonds. The summed E-state index contributed by atoms with van der Waals surface area (Å²) in [4.78, 5) is 14.7. The van der Waals surface area contributed by atoms with Crippen molar-refractivity contribution in [2.45, 2.75) is 104 Å². The van der Waals surface area contributed by atoms with Gasteiger partial charge in [-0.05, 0) is 104 Å². The standard InChI is InChI=1S/C25H40N4O2/c1-4-25(31)12-11-23(2)13-17(14-25)5-6-18-19(23)9-10-24(3)20(18)7-8-21(24)22(30)15-29-27-16-26-28-29/h16-21,31H,4-15H2,1-3H3/t17-,18-,19+,20+,21-,23+,24+,25-/m1/s1. The summed E-state index contributed by atoms with van der Waals surface area (Å²) in [5, 5.41) is 22.9. The molecule has 8 atom stereocenters. The van der Waals surface area contributed by atoms with Gasteiger partial charge in [-0.25, -0.2) is 0 Å². The van der Waals surface area contributed by atoms with Gasteiger partial charge in [-0.1, -0.05) is 27.2 Å². The molecule has 0 unspecified atom stereocenters. The van der Waals surface area contributed by atoms with Gasteiger partial charge in [-0.2, -0.15) is 4.80 Å². The highest BCUT2D eigenvalue weighted by atomic mass is 16.3. The van der Waals surface area contributed by atoms with E-state index in [0.29, 0.717) is 23.0 Å². The van der Waals surface area contributed by atoms with Crippen LogP contribution < -0.4 is 0 Å². The zero-order valence-electron chi connectivity index (χ0n) is 19.6. The molecule has 1 aromatic heterocycles. The fourth-order valence-electron chi connectivity index (χ4n) is 8.88. The Labute approximate surface area is 186 Å². The summed E-state index contributed by atoms with van der Waals surface area (Å²) in [5.74, 6) is 3.24. The van der Waals surface area contributed by atoms with Crippen LogP contribution in [-0.2, 0) is 11.3 Å². The predicted octanol–water partition coefficient (Wildman–Crippen LogP) is 4.43. The molecule has 1 aromatic rings. The highest BCUT2D eigenvalue weighted by Gasteiger charge is 2.59. The van der Waals surface area contributed by atoms with Crippen molar-refractivity contribution in [1.82, 2.24) is 20.2 Å². The van der Waals surface area contributed by atoms with Crippen LogP contribution in [0.1, 0.15) is 91.4 Å². The lowest BCUT2D eigenvalue weighted by atomic mass is 9.52. The van der Waals surface area contributed by atoms with Crippen LogP contribution in [0.15, 0.2) is 6.33 Å². The number of ketones is 1. The van der Waals surface area contributed by atoms with Crippen LogP contribution in [0.4, 0.5) is 0 Å². The zero-order valence-corrected chi connectivity index (χ0v) is 19.6. The molecule has 0 aliphatic heterocycles. The molecule has 4 saturated carbocycles. The Morgan fingerprint density at radius 3 is 2.65 bits per heavy atom. The number of nitrogens with zero attached hydrogens (tertiary/aromatic N) is 4. The Kier molecular flexibility index (Phi) is 5.31. The summed E-state index contributed by atoms with van der Waals surface area (Å²) in [6.07, 6.45) is 13.9. The van der Waals surface area contributed by atoms with E-state index >= 15 is 0 Å². The third kappa shape index (κ3) is 3.57. The minimum atomic E-state index is -0.446. The number of aliphatic hydroxyl groups is 1. The summed E-state index contributed by atoms with van der Waals surface area (Å²) in [6, 6.07) is 0. The third-order valence-corrected chi connectivity index (χ3v) is 10.6. The summed E-state index contributed by atoms with van der Waals surface area (Å²) < 4.78 is 0. The first-order valence-electron chi connectivity index (χ1n) is 12.7. The van der Waals surface area contributed by atoms with Gasteiger partial charge in [0.05, 0.1) is 5.60 Å². The number of hydrogen-bond acceptors (Lipinski definition) is 5. The molecule has 0 aromatic carbocycles. The summed E-state index contributed by atoms with van der Waals surface area (Å²) in [6.45, 7) is 7.38. The molecular formula is C25H40N4O2. The Morgan fingerprint density at radius 2 is 1.90 bits per heavy atom. The van der Waals surface area contributed by atoms with Gasteiger partial charge in [0, 0.05) is 5.92 Å². The molecule has 172 valence electrons. The van der Waals surface area contributed by atoms with Crippen LogP contribution in [0, 0.1) is 40.4 Å². The Hall–Kier alpha value is -1.30. The molecule has 0 spiro atoms. The van der Waals surface area contributed by atoms with Crippen molar-refractivity contribution in [1.29, 1.82) is 0 Å². The lowest BCUT2D eigenvalue weighted by Crippen LogP contribution is -2.47. The molecule has 5 rings (SSSR count). The van der Waals surface area contributed by atoms with Crippen LogP contribution in [-0.4, -0.2) is 36.7 Å². The molecule has 6 nitrogen and oxygen atoms in total. The Bertz CT molecular complexity index is 812. The first-order chi connectivity index (χ1) is 14.8. The van der Waals surface area contributed by atoms with E-state index in [9.17, 15) is 9.90 Å². The fraction of sp³-hybridized carbons (Fsp3) is 0.920. The van der Waals surface area contributed by atoms with Gasteiger partial charge in [0.1, 0.15) is 6.54 Å². The highest BCUT2D eigenvalue weighted by Crippen LogP contribution is 2.66. The molecule has 1 heterocycles. The van der Waals surface area contributed by atoms with Crippen LogP contribution in [0.25, 0.3) is 0 Å². The molecular weight excluding hydrogens is 388 g/mol. The SMILES string of the molecule is CC[C@@]1(O)CC[C@@]2(C)C[C@@H](CC[C@@H]3[C@@H]2CC[C@]2(C)[C@@H](C(=O)Cn4ncnn4)CC[C@@H]32)C1. The fourth-order valence-corrected chi connectivity index (χ4v) is 8.88. The smallest absolute Gasteiger partial charge is 0.162 e. The predicted molar refractivity (Wildman–Crippen MR) is 118 cm³/mol. The first-order valence-corrected chi connectivity index (χ1v) is 12.7. The van der Waals surface area contributed by atoms with Gasteiger partial charge >= 0.3 is 0 Å². The van der Waals surface area contributed by atoms with Crippen molar-refractivity contribution in [3.05, 3.63) is 6.33 Å². The average Bonchev–Trinajstić information content (AvgIpc) is 3.31. The summed E-state index contributed by atoms with van der Waals surface area (Å²) in [7, 11) is 0. The number of Topliss-reactive ketones (excluding diaryl/α,β-unsaturated/α-hetero) is 1. The second-order valence-electron chi connectivity index (χ2n) is 12.1. The summed E-state index contributed by atoms with van der Waals surface area (Å²) in [5.41, 5.74) is 0.0200. The molecule has 4 fully saturated rings. The van der Waals surface area contributed by atoms with Crippen LogP contribution in [0.5, 0.6) is 0 Å². The Balaban J connectivity index is 1.37. The maximum atomic E-state index is 13.2. The van der Waals surface area contributed by atoms with Crippen molar-refractivity contribution in [3.63, 3.8) is 0 Å². The number of aromatic nitrogens is 4. The zero-order chi connectivity index (χ0) is 21.9. The lowest BCUT2D eigenvalue weighted by molar-refractivity contribution is -0.130. The van der Waals surface area contributed by atoms with Gasteiger partial charge in [0.2, 0.25) is 0 Å². The molecule has 0 radical (unpaired) electrons. The molecule has 4 aliphatic rings. The summed E-state index contributed by atoms with van der Waals surface area (Å²) >= 11 is 0. The normalized spacial score (nSPS) is 47.2. The molecule has 0 saturated heterocycles. The van der Waals surface area contributed by atoms with E-state index in [4.69, 9.17) is 0 Å². The maximum Gasteiger partial charge on any atom is 0.162 e. The van der Waals surface area contributed by atoms with Gasteiger partial charge < -0.3 is 5.11 Å². The van der Waals surface area contributed by atoms with E-state index in [0.717, 1.165) is 37.5 Å². The van der Waals surface area contributed by atoms with E-state index in [2.05, 4.69) is 36.2 Å². The van der Waals surface area contributed by atoms with Crippen LogP contribution >= 0.6 is 0 Å². The highest BCUT2D eigenvalue weighted by molar-refractivity contribution is 5.81. The minimum Gasteiger partial charge on any atom is -0.390 e. The van der Waals surface area contributed by atoms with Gasteiger partial charge in [0.15, 0.2) is 12.1 Å². The minimum absolute atomic E-state index is 0.119. The van der Waals surface area contributed by atoms with Gasteiger partial charge in [0.25, 0.3) is 0 Å². The third-order valence-electron chi connectivity index (χ3n) is 10.6. The number of carbonyl (C=O) groups excluding carboxylic acids is 1. The van der Waals surface area contributed by atoms with E-state index in [1.54, 1.807) is 0 Å². The maximum absolute atomic E-state index is 13.2. The second-order valence-corrected chi connectivity index (χ2v) is 12.1. The largest absolute Gasteiger partial charge is 0.390 e. The number of fused-ring (bicyclic) bond motifs is 6. The lowest BCUT2D eigenvalue weighted by Gasteiger charge is -2.53. The van der Waals surface area contributed by atoms with Crippen molar-refractivity contribution in [2.24, 2.45) is 40.4 Å². The molecule has 4 aliphatic carbocycles. The topological polar surface area (TPSA) is 80.9 Å². The number of hydrogen-bond donors (Lipinski definition) is 1. The second kappa shape index (κ2) is 7.64. The van der Waals surface area contributed by atoms with Crippen LogP contribution in [0.3, 0.4) is 0 Å². The monoisotopic (exact) mass is 428 g/mol. The number of rotatable bonds is 4. The number of tetrazole rings is 1. The van der Waals surface area contributed by atoms with Crippen molar-refractivity contribution >= 4 is 5.78 Å².